The Morgan fingerprint density at radius 2 is 1.97 bits per heavy atom. The summed E-state index contributed by atoms with van der Waals surface area (Å²) in [4.78, 5) is 40.1. The summed E-state index contributed by atoms with van der Waals surface area (Å²) in [6.07, 6.45) is 3.53. The third-order valence-electron chi connectivity index (χ3n) is 6.28. The van der Waals surface area contributed by atoms with Gasteiger partial charge in [-0.15, -0.1) is 0 Å². The van der Waals surface area contributed by atoms with Crippen LogP contribution in [0, 0.1) is 12.8 Å². The van der Waals surface area contributed by atoms with Crippen LogP contribution in [0.25, 0.3) is 0 Å². The van der Waals surface area contributed by atoms with E-state index in [1.807, 2.05) is 53.0 Å². The second-order valence-electron chi connectivity index (χ2n) is 8.75. The SMILES string of the molecule is CSCC[C@H](NC(=O)N1CC2CC(C1)c1cccc(=O)n1C2)C(=O)Nc1cccc(C)c1. The molecule has 2 bridgehead atoms. The predicted molar refractivity (Wildman–Crippen MR) is 128 cm³/mol. The molecule has 3 heterocycles. The summed E-state index contributed by atoms with van der Waals surface area (Å²) in [5.74, 6) is 0.964. The van der Waals surface area contributed by atoms with Gasteiger partial charge in [0.2, 0.25) is 5.91 Å². The summed E-state index contributed by atoms with van der Waals surface area (Å²) in [5.41, 5.74) is 2.82. The van der Waals surface area contributed by atoms with Gasteiger partial charge in [-0.25, -0.2) is 4.79 Å². The number of anilines is 1. The Morgan fingerprint density at radius 3 is 2.75 bits per heavy atom. The van der Waals surface area contributed by atoms with E-state index in [-0.39, 0.29) is 29.3 Å². The number of hydrogen-bond acceptors (Lipinski definition) is 4. The molecule has 8 heteroatoms. The van der Waals surface area contributed by atoms with E-state index in [0.717, 1.165) is 29.1 Å². The molecule has 0 aliphatic carbocycles. The van der Waals surface area contributed by atoms with Gasteiger partial charge in [-0.3, -0.25) is 9.59 Å². The van der Waals surface area contributed by atoms with Crippen molar-refractivity contribution < 1.29 is 9.59 Å². The molecule has 0 saturated carbocycles. The van der Waals surface area contributed by atoms with Crippen LogP contribution < -0.4 is 16.2 Å². The minimum atomic E-state index is -0.605. The highest BCUT2D eigenvalue weighted by Crippen LogP contribution is 2.34. The second kappa shape index (κ2) is 9.81. The van der Waals surface area contributed by atoms with Crippen LogP contribution in [-0.4, -0.2) is 52.5 Å². The van der Waals surface area contributed by atoms with Crippen molar-refractivity contribution in [1.82, 2.24) is 14.8 Å². The van der Waals surface area contributed by atoms with Crippen molar-refractivity contribution in [2.75, 3.05) is 30.4 Å². The van der Waals surface area contributed by atoms with Crippen molar-refractivity contribution in [3.8, 4) is 0 Å². The number of rotatable bonds is 6. The molecule has 2 N–H and O–H groups in total. The van der Waals surface area contributed by atoms with E-state index < -0.39 is 6.04 Å². The van der Waals surface area contributed by atoms with Crippen molar-refractivity contribution in [2.45, 2.75) is 38.3 Å². The van der Waals surface area contributed by atoms with Gasteiger partial charge in [0.25, 0.3) is 5.56 Å². The van der Waals surface area contributed by atoms with Crippen LogP contribution in [0.3, 0.4) is 0 Å². The molecule has 1 saturated heterocycles. The van der Waals surface area contributed by atoms with Crippen LogP contribution in [0.2, 0.25) is 0 Å². The number of likely N-dealkylation sites (tertiary alicyclic amines) is 1. The van der Waals surface area contributed by atoms with Crippen molar-refractivity contribution in [3.63, 3.8) is 0 Å². The number of piperidine rings is 1. The number of benzene rings is 1. The zero-order chi connectivity index (χ0) is 22.7. The normalized spacial score (nSPS) is 20.2. The summed E-state index contributed by atoms with van der Waals surface area (Å²) in [5, 5.41) is 5.91. The van der Waals surface area contributed by atoms with Gasteiger partial charge in [0.05, 0.1) is 0 Å². The lowest BCUT2D eigenvalue weighted by atomic mass is 9.83. The third kappa shape index (κ3) is 5.01. The largest absolute Gasteiger partial charge is 0.326 e. The number of hydrogen-bond donors (Lipinski definition) is 2. The Balaban J connectivity index is 1.44. The van der Waals surface area contributed by atoms with Crippen molar-refractivity contribution >= 4 is 29.4 Å². The predicted octanol–water partition coefficient (Wildman–Crippen LogP) is 3.05. The Bertz CT molecular complexity index is 1050. The van der Waals surface area contributed by atoms with Gasteiger partial charge in [0, 0.05) is 43.0 Å². The Labute approximate surface area is 192 Å². The number of nitrogens with zero attached hydrogens (tertiary/aromatic N) is 2. The number of nitrogens with one attached hydrogen (secondary N) is 2. The first kappa shape index (κ1) is 22.5. The molecule has 170 valence electrons. The summed E-state index contributed by atoms with van der Waals surface area (Å²) < 4.78 is 1.85. The molecule has 1 fully saturated rings. The van der Waals surface area contributed by atoms with E-state index in [1.165, 1.54) is 0 Å². The van der Waals surface area contributed by atoms with Crippen LogP contribution in [0.1, 0.15) is 30.0 Å². The molecule has 1 aromatic heterocycles. The lowest BCUT2D eigenvalue weighted by Gasteiger charge is -2.43. The van der Waals surface area contributed by atoms with Gasteiger partial charge < -0.3 is 20.1 Å². The molecule has 4 rings (SSSR count). The number of thioether (sulfide) groups is 1. The molecule has 2 aromatic rings. The average molecular weight is 455 g/mol. The highest BCUT2D eigenvalue weighted by Gasteiger charge is 2.37. The highest BCUT2D eigenvalue weighted by molar-refractivity contribution is 7.98. The molecule has 3 amide bonds. The standard InChI is InChI=1S/C24H30N4O3S/c1-16-5-3-6-19(11-16)25-23(30)20(9-10-32-2)26-24(31)27-13-17-12-18(15-27)21-7-4-8-22(29)28(21)14-17/h3-8,11,17-18,20H,9-10,12-15H2,1-2H3,(H,25,30)(H,26,31)/t17?,18?,20-/m0/s1. The fourth-order valence-electron chi connectivity index (χ4n) is 4.76. The molecule has 0 spiro atoms. The zero-order valence-electron chi connectivity index (χ0n) is 18.5. The molecule has 0 radical (unpaired) electrons. The fraction of sp³-hybridized carbons (Fsp3) is 0.458. The van der Waals surface area contributed by atoms with Gasteiger partial charge in [-0.05, 0) is 61.5 Å². The van der Waals surface area contributed by atoms with E-state index in [2.05, 4.69) is 10.6 Å². The van der Waals surface area contributed by atoms with E-state index in [9.17, 15) is 14.4 Å². The van der Waals surface area contributed by atoms with Gasteiger partial charge >= 0.3 is 6.03 Å². The maximum absolute atomic E-state index is 13.2. The molecule has 2 aliphatic heterocycles. The van der Waals surface area contributed by atoms with Crippen molar-refractivity contribution in [2.24, 2.45) is 5.92 Å². The number of amides is 3. The molecule has 1 aromatic carbocycles. The van der Waals surface area contributed by atoms with E-state index in [4.69, 9.17) is 0 Å². The Kier molecular flexibility index (Phi) is 6.89. The summed E-state index contributed by atoms with van der Waals surface area (Å²) in [6.45, 7) is 3.76. The summed E-state index contributed by atoms with van der Waals surface area (Å²) in [7, 11) is 0. The van der Waals surface area contributed by atoms with Crippen molar-refractivity contribution in [1.29, 1.82) is 0 Å². The number of urea groups is 1. The summed E-state index contributed by atoms with van der Waals surface area (Å²) >= 11 is 1.65. The zero-order valence-corrected chi connectivity index (χ0v) is 19.4. The topological polar surface area (TPSA) is 83.4 Å². The smallest absolute Gasteiger partial charge is 0.318 e. The Morgan fingerprint density at radius 1 is 1.16 bits per heavy atom. The molecular formula is C24H30N4O3S. The number of aryl methyl sites for hydroxylation is 1. The molecule has 2 unspecified atom stereocenters. The molecule has 3 atom stereocenters. The van der Waals surface area contributed by atoms with Gasteiger partial charge in [-0.1, -0.05) is 18.2 Å². The minimum absolute atomic E-state index is 0.0278. The van der Waals surface area contributed by atoms with Gasteiger partial charge in [0.15, 0.2) is 0 Å². The number of aromatic nitrogens is 1. The fourth-order valence-corrected chi connectivity index (χ4v) is 5.23. The average Bonchev–Trinajstić information content (AvgIpc) is 2.77. The van der Waals surface area contributed by atoms with Crippen LogP contribution in [-0.2, 0) is 11.3 Å². The maximum Gasteiger partial charge on any atom is 0.318 e. The van der Waals surface area contributed by atoms with Crippen molar-refractivity contribution in [3.05, 3.63) is 64.1 Å². The van der Waals surface area contributed by atoms with Gasteiger partial charge in [-0.2, -0.15) is 11.8 Å². The molecule has 2 aliphatic rings. The third-order valence-corrected chi connectivity index (χ3v) is 6.92. The lowest BCUT2D eigenvalue weighted by molar-refractivity contribution is -0.118. The lowest BCUT2D eigenvalue weighted by Crippen LogP contribution is -2.55. The maximum atomic E-state index is 13.2. The van der Waals surface area contributed by atoms with Crippen LogP contribution in [0.5, 0.6) is 0 Å². The molecule has 32 heavy (non-hydrogen) atoms. The van der Waals surface area contributed by atoms with E-state index in [0.29, 0.717) is 26.1 Å². The van der Waals surface area contributed by atoms with Gasteiger partial charge in [0.1, 0.15) is 6.04 Å². The van der Waals surface area contributed by atoms with E-state index >= 15 is 0 Å². The first-order valence-electron chi connectivity index (χ1n) is 11.1. The monoisotopic (exact) mass is 454 g/mol. The van der Waals surface area contributed by atoms with Crippen LogP contribution in [0.4, 0.5) is 10.5 Å². The van der Waals surface area contributed by atoms with Crippen LogP contribution in [0.15, 0.2) is 47.3 Å². The quantitative estimate of drug-likeness (QED) is 0.703. The second-order valence-corrected chi connectivity index (χ2v) is 9.73. The molecular weight excluding hydrogens is 424 g/mol. The Hall–Kier alpha value is -2.74. The minimum Gasteiger partial charge on any atom is -0.326 e. The number of fused-ring (bicyclic) bond motifs is 4. The summed E-state index contributed by atoms with van der Waals surface area (Å²) in [6, 6.07) is 12.2. The highest BCUT2D eigenvalue weighted by atomic mass is 32.2. The first-order chi connectivity index (χ1) is 15.4. The number of carbonyl (C=O) groups excluding carboxylic acids is 2. The molecule has 7 nitrogen and oxygen atoms in total. The number of carbonyl (C=O) groups is 2. The first-order valence-corrected chi connectivity index (χ1v) is 12.5. The number of pyridine rings is 1. The van der Waals surface area contributed by atoms with E-state index in [1.54, 1.807) is 23.9 Å². The van der Waals surface area contributed by atoms with Crippen LogP contribution >= 0.6 is 11.8 Å².